The van der Waals surface area contributed by atoms with Gasteiger partial charge in [0.15, 0.2) is 0 Å². The molecule has 0 rings (SSSR count). The molecule has 0 radical (unpaired) electrons. The van der Waals surface area contributed by atoms with Gasteiger partial charge in [0.05, 0.1) is 39.5 Å². The lowest BCUT2D eigenvalue weighted by molar-refractivity contribution is -0.929. The number of hydrogen-bond donors (Lipinski definition) is 1. The number of hydrogen-bond acceptors (Lipinski definition) is 2. The number of aliphatic hydroxyl groups excluding tert-OH is 1. The smallest absolute Gasteiger partial charge is 0.102 e. The number of aliphatic hydroxyl groups is 1. The van der Waals surface area contributed by atoms with Crippen molar-refractivity contribution in [3.63, 3.8) is 0 Å². The van der Waals surface area contributed by atoms with Gasteiger partial charge in [-0.1, -0.05) is 59.3 Å². The highest BCUT2D eigenvalue weighted by Gasteiger charge is 2.25. The zero-order valence-electron chi connectivity index (χ0n) is 16.3. The summed E-state index contributed by atoms with van der Waals surface area (Å²) in [5, 5.41) is 8.89. The molecule has 0 saturated heterocycles. The van der Waals surface area contributed by atoms with Gasteiger partial charge < -0.3 is 14.3 Å². The Morgan fingerprint density at radius 1 is 0.609 bits per heavy atom. The lowest BCUT2D eigenvalue weighted by Gasteiger charge is -2.39. The molecule has 0 fully saturated rings. The van der Waals surface area contributed by atoms with Crippen molar-refractivity contribution in [1.29, 1.82) is 0 Å². The Kier molecular flexibility index (Phi) is 16.6. The van der Waals surface area contributed by atoms with Gasteiger partial charge in [-0.15, -0.1) is 0 Å². The SMILES string of the molecule is CCCCCCCC[N+](CCCC)(CCCC)CCOCCO. The Hall–Kier alpha value is -0.120. The maximum absolute atomic E-state index is 8.89. The van der Waals surface area contributed by atoms with Crippen molar-refractivity contribution in [2.45, 2.75) is 85.0 Å². The summed E-state index contributed by atoms with van der Waals surface area (Å²) < 4.78 is 6.83. The highest BCUT2D eigenvalue weighted by atomic mass is 16.5. The molecule has 0 aliphatic heterocycles. The Morgan fingerprint density at radius 3 is 1.70 bits per heavy atom. The van der Waals surface area contributed by atoms with E-state index in [2.05, 4.69) is 20.8 Å². The van der Waals surface area contributed by atoms with Crippen LogP contribution in [0.3, 0.4) is 0 Å². The third kappa shape index (κ3) is 12.9. The molecule has 0 aromatic heterocycles. The van der Waals surface area contributed by atoms with Crippen molar-refractivity contribution in [3.8, 4) is 0 Å². The third-order valence-corrected chi connectivity index (χ3v) is 4.90. The van der Waals surface area contributed by atoms with Crippen LogP contribution in [0, 0.1) is 0 Å². The fourth-order valence-corrected chi connectivity index (χ4v) is 3.31. The molecular formula is C20H44NO2+. The lowest BCUT2D eigenvalue weighted by Crippen LogP contribution is -2.52. The van der Waals surface area contributed by atoms with Gasteiger partial charge in [0.2, 0.25) is 0 Å². The zero-order chi connectivity index (χ0) is 17.2. The largest absolute Gasteiger partial charge is 0.394 e. The van der Waals surface area contributed by atoms with Gasteiger partial charge in [-0.3, -0.25) is 0 Å². The molecule has 0 aliphatic carbocycles. The van der Waals surface area contributed by atoms with Gasteiger partial charge in [-0.2, -0.15) is 0 Å². The van der Waals surface area contributed by atoms with Crippen LogP contribution >= 0.6 is 0 Å². The van der Waals surface area contributed by atoms with Crippen molar-refractivity contribution in [2.75, 3.05) is 46.0 Å². The van der Waals surface area contributed by atoms with E-state index in [0.29, 0.717) is 6.61 Å². The van der Waals surface area contributed by atoms with E-state index in [1.54, 1.807) is 0 Å². The normalized spacial score (nSPS) is 12.0. The van der Waals surface area contributed by atoms with Crippen LogP contribution in [0.5, 0.6) is 0 Å². The molecule has 3 heteroatoms. The Labute approximate surface area is 146 Å². The van der Waals surface area contributed by atoms with Crippen LogP contribution in [0.1, 0.15) is 85.0 Å². The second kappa shape index (κ2) is 16.7. The molecule has 0 heterocycles. The number of rotatable bonds is 18. The average Bonchev–Trinajstić information content (AvgIpc) is 2.57. The first-order valence-electron chi connectivity index (χ1n) is 10.3. The molecule has 0 aromatic rings. The molecule has 0 amide bonds. The van der Waals surface area contributed by atoms with Crippen molar-refractivity contribution in [1.82, 2.24) is 0 Å². The number of nitrogens with zero attached hydrogens (tertiary/aromatic N) is 1. The summed E-state index contributed by atoms with van der Waals surface area (Å²) in [6, 6.07) is 0. The molecule has 140 valence electrons. The second-order valence-corrected chi connectivity index (χ2v) is 7.05. The Morgan fingerprint density at radius 2 is 1.13 bits per heavy atom. The summed E-state index contributed by atoms with van der Waals surface area (Å²) in [6.07, 6.45) is 13.5. The molecule has 3 nitrogen and oxygen atoms in total. The molecule has 0 bridgehead atoms. The van der Waals surface area contributed by atoms with Gasteiger partial charge in [0, 0.05) is 0 Å². The van der Waals surface area contributed by atoms with Crippen LogP contribution in [-0.4, -0.2) is 55.6 Å². The minimum atomic E-state index is 0.140. The predicted molar refractivity (Wildman–Crippen MR) is 101 cm³/mol. The summed E-state index contributed by atoms with van der Waals surface area (Å²) >= 11 is 0. The van der Waals surface area contributed by atoms with E-state index in [-0.39, 0.29) is 6.61 Å². The van der Waals surface area contributed by atoms with E-state index in [0.717, 1.165) is 13.2 Å². The third-order valence-electron chi connectivity index (χ3n) is 4.90. The van der Waals surface area contributed by atoms with Crippen LogP contribution in [0.15, 0.2) is 0 Å². The summed E-state index contributed by atoms with van der Waals surface area (Å²) in [4.78, 5) is 0. The lowest BCUT2D eigenvalue weighted by atomic mass is 10.1. The molecule has 23 heavy (non-hydrogen) atoms. The van der Waals surface area contributed by atoms with Crippen molar-refractivity contribution in [2.24, 2.45) is 0 Å². The van der Waals surface area contributed by atoms with Gasteiger partial charge in [0.1, 0.15) is 6.54 Å². The maximum Gasteiger partial charge on any atom is 0.102 e. The zero-order valence-corrected chi connectivity index (χ0v) is 16.3. The predicted octanol–water partition coefficient (Wildman–Crippen LogP) is 4.77. The monoisotopic (exact) mass is 330 g/mol. The van der Waals surface area contributed by atoms with E-state index in [1.165, 1.54) is 88.3 Å². The van der Waals surface area contributed by atoms with Crippen LogP contribution in [-0.2, 0) is 4.74 Å². The van der Waals surface area contributed by atoms with E-state index < -0.39 is 0 Å². The Balaban J connectivity index is 4.37. The number of quaternary nitrogens is 1. The summed E-state index contributed by atoms with van der Waals surface area (Å²) in [5.41, 5.74) is 0. The van der Waals surface area contributed by atoms with E-state index in [9.17, 15) is 0 Å². The van der Waals surface area contributed by atoms with E-state index >= 15 is 0 Å². The number of ether oxygens (including phenoxy) is 1. The van der Waals surface area contributed by atoms with Gasteiger partial charge >= 0.3 is 0 Å². The standard InChI is InChI=1S/C20H44NO2/c1-4-7-10-11-12-13-16-21(14-8-5-2,15-9-6-3)17-19-23-20-18-22/h22H,4-20H2,1-3H3/q+1. The van der Waals surface area contributed by atoms with Gasteiger partial charge in [-0.05, 0) is 25.7 Å². The highest BCUT2D eigenvalue weighted by Crippen LogP contribution is 2.16. The Bertz CT molecular complexity index is 226. The molecule has 0 saturated carbocycles. The molecular weight excluding hydrogens is 286 g/mol. The highest BCUT2D eigenvalue weighted by molar-refractivity contribution is 4.51. The fraction of sp³-hybridized carbons (Fsp3) is 1.00. The first-order valence-corrected chi connectivity index (χ1v) is 10.3. The minimum absolute atomic E-state index is 0.140. The number of unbranched alkanes of at least 4 members (excludes halogenated alkanes) is 7. The van der Waals surface area contributed by atoms with Crippen LogP contribution in [0.25, 0.3) is 0 Å². The molecule has 0 spiro atoms. The molecule has 0 atom stereocenters. The maximum atomic E-state index is 8.89. The quantitative estimate of drug-likeness (QED) is 0.290. The summed E-state index contributed by atoms with van der Waals surface area (Å²) in [5.74, 6) is 0. The first kappa shape index (κ1) is 22.9. The van der Waals surface area contributed by atoms with Crippen LogP contribution in [0.4, 0.5) is 0 Å². The second-order valence-electron chi connectivity index (χ2n) is 7.05. The summed E-state index contributed by atoms with van der Waals surface area (Å²) in [7, 11) is 0. The van der Waals surface area contributed by atoms with Gasteiger partial charge in [0.25, 0.3) is 0 Å². The molecule has 0 unspecified atom stereocenters. The molecule has 0 aliphatic rings. The van der Waals surface area contributed by atoms with E-state index in [4.69, 9.17) is 9.84 Å². The fourth-order valence-electron chi connectivity index (χ4n) is 3.31. The average molecular weight is 331 g/mol. The molecule has 0 aromatic carbocycles. The van der Waals surface area contributed by atoms with Crippen LogP contribution in [0.2, 0.25) is 0 Å². The van der Waals surface area contributed by atoms with E-state index in [1.807, 2.05) is 0 Å². The van der Waals surface area contributed by atoms with Crippen LogP contribution < -0.4 is 0 Å². The van der Waals surface area contributed by atoms with Crippen molar-refractivity contribution in [3.05, 3.63) is 0 Å². The summed E-state index contributed by atoms with van der Waals surface area (Å²) in [6.45, 7) is 13.3. The topological polar surface area (TPSA) is 29.5 Å². The van der Waals surface area contributed by atoms with Gasteiger partial charge in [-0.25, -0.2) is 0 Å². The first-order chi connectivity index (χ1) is 11.2. The molecule has 1 N–H and O–H groups in total. The van der Waals surface area contributed by atoms with Crippen molar-refractivity contribution >= 4 is 0 Å². The van der Waals surface area contributed by atoms with Crippen molar-refractivity contribution < 1.29 is 14.3 Å². The minimum Gasteiger partial charge on any atom is -0.394 e.